The van der Waals surface area contributed by atoms with Gasteiger partial charge in [0.05, 0.1) is 13.2 Å². The number of hydrogen-bond donors (Lipinski definition) is 2. The fourth-order valence-corrected chi connectivity index (χ4v) is 2.17. The van der Waals surface area contributed by atoms with Crippen LogP contribution in [0.25, 0.3) is 0 Å². The van der Waals surface area contributed by atoms with E-state index in [4.69, 9.17) is 16.3 Å². The van der Waals surface area contributed by atoms with E-state index in [1.807, 2.05) is 31.2 Å². The molecule has 0 radical (unpaired) electrons. The lowest BCUT2D eigenvalue weighted by atomic mass is 10.2. The molecule has 2 N–H and O–H groups in total. The third-order valence-electron chi connectivity index (χ3n) is 2.99. The van der Waals surface area contributed by atoms with E-state index in [-0.39, 0.29) is 17.9 Å². The summed E-state index contributed by atoms with van der Waals surface area (Å²) in [4.78, 5) is 23.5. The standard InChI is InChI=1S/C16H20ClN5O2/c1-10(8-24-9-13-6-4-5-7-14(13)17)18-15-19-11(2)20-16(22-15)21-12(3)23/h4-7,10H,8-9H2,1-3H3,(H2,18,19,20,21,22,23). The number of nitrogens with zero attached hydrogens (tertiary/aromatic N) is 3. The van der Waals surface area contributed by atoms with Crippen molar-refractivity contribution in [1.82, 2.24) is 15.0 Å². The lowest BCUT2D eigenvalue weighted by molar-refractivity contribution is -0.114. The SMILES string of the molecule is CC(=O)Nc1nc(C)nc(NC(C)COCc2ccccc2Cl)n1. The summed E-state index contributed by atoms with van der Waals surface area (Å²) in [6.07, 6.45) is 0. The van der Waals surface area contributed by atoms with Crippen molar-refractivity contribution in [1.29, 1.82) is 0 Å². The molecule has 1 aromatic heterocycles. The highest BCUT2D eigenvalue weighted by atomic mass is 35.5. The minimum absolute atomic E-state index is 0.0283. The van der Waals surface area contributed by atoms with Crippen LogP contribution in [0.15, 0.2) is 24.3 Å². The molecule has 0 saturated carbocycles. The highest BCUT2D eigenvalue weighted by molar-refractivity contribution is 6.31. The Hall–Kier alpha value is -2.25. The van der Waals surface area contributed by atoms with Gasteiger partial charge in [-0.05, 0) is 25.5 Å². The Morgan fingerprint density at radius 2 is 1.96 bits per heavy atom. The molecule has 24 heavy (non-hydrogen) atoms. The van der Waals surface area contributed by atoms with Gasteiger partial charge in [0.25, 0.3) is 0 Å². The molecule has 0 saturated heterocycles. The van der Waals surface area contributed by atoms with E-state index in [0.29, 0.717) is 30.0 Å². The lowest BCUT2D eigenvalue weighted by Crippen LogP contribution is -2.24. The molecule has 2 rings (SSSR count). The van der Waals surface area contributed by atoms with Gasteiger partial charge in [-0.1, -0.05) is 29.8 Å². The molecule has 0 aliphatic heterocycles. The first kappa shape index (κ1) is 18.1. The largest absolute Gasteiger partial charge is 0.375 e. The second-order valence-electron chi connectivity index (χ2n) is 5.36. The first-order valence-corrected chi connectivity index (χ1v) is 7.90. The molecular weight excluding hydrogens is 330 g/mol. The van der Waals surface area contributed by atoms with Crippen molar-refractivity contribution in [3.05, 3.63) is 40.7 Å². The van der Waals surface area contributed by atoms with Crippen molar-refractivity contribution in [2.24, 2.45) is 0 Å². The number of halogens is 1. The third kappa shape index (κ3) is 5.75. The third-order valence-corrected chi connectivity index (χ3v) is 3.36. The monoisotopic (exact) mass is 349 g/mol. The van der Waals surface area contributed by atoms with Gasteiger partial charge in [-0.3, -0.25) is 10.1 Å². The van der Waals surface area contributed by atoms with Gasteiger partial charge in [-0.2, -0.15) is 15.0 Å². The number of rotatable bonds is 7. The summed E-state index contributed by atoms with van der Waals surface area (Å²) in [5.41, 5.74) is 0.940. The Labute approximate surface area is 145 Å². The van der Waals surface area contributed by atoms with E-state index < -0.39 is 0 Å². The van der Waals surface area contributed by atoms with E-state index in [0.717, 1.165) is 5.56 Å². The van der Waals surface area contributed by atoms with Crippen molar-refractivity contribution in [3.63, 3.8) is 0 Å². The Morgan fingerprint density at radius 1 is 1.25 bits per heavy atom. The molecular formula is C16H20ClN5O2. The summed E-state index contributed by atoms with van der Waals surface area (Å²) in [6.45, 7) is 5.96. The van der Waals surface area contributed by atoms with Crippen molar-refractivity contribution in [3.8, 4) is 0 Å². The number of benzene rings is 1. The highest BCUT2D eigenvalue weighted by Crippen LogP contribution is 2.16. The lowest BCUT2D eigenvalue weighted by Gasteiger charge is -2.15. The topological polar surface area (TPSA) is 89.0 Å². The van der Waals surface area contributed by atoms with Crippen LogP contribution in [0.1, 0.15) is 25.2 Å². The van der Waals surface area contributed by atoms with Gasteiger partial charge in [0.2, 0.25) is 17.8 Å². The molecule has 1 heterocycles. The van der Waals surface area contributed by atoms with E-state index in [1.54, 1.807) is 6.92 Å². The molecule has 7 nitrogen and oxygen atoms in total. The van der Waals surface area contributed by atoms with Crippen LogP contribution < -0.4 is 10.6 Å². The molecule has 1 aromatic carbocycles. The quantitative estimate of drug-likeness (QED) is 0.799. The molecule has 2 aromatic rings. The zero-order valence-corrected chi connectivity index (χ0v) is 14.6. The number of nitrogens with one attached hydrogen (secondary N) is 2. The van der Waals surface area contributed by atoms with Crippen molar-refractivity contribution >= 4 is 29.4 Å². The van der Waals surface area contributed by atoms with Crippen LogP contribution in [-0.4, -0.2) is 33.5 Å². The van der Waals surface area contributed by atoms with Gasteiger partial charge in [0.15, 0.2) is 0 Å². The molecule has 0 aliphatic rings. The summed E-state index contributed by atoms with van der Waals surface area (Å²) in [6, 6.07) is 7.53. The van der Waals surface area contributed by atoms with E-state index >= 15 is 0 Å². The first-order chi connectivity index (χ1) is 11.4. The van der Waals surface area contributed by atoms with Gasteiger partial charge in [-0.15, -0.1) is 0 Å². The fourth-order valence-electron chi connectivity index (χ4n) is 1.98. The normalized spacial score (nSPS) is 11.8. The molecule has 1 atom stereocenters. The maximum Gasteiger partial charge on any atom is 0.234 e. The molecule has 0 fully saturated rings. The smallest absolute Gasteiger partial charge is 0.234 e. The van der Waals surface area contributed by atoms with E-state index in [1.165, 1.54) is 6.92 Å². The average molecular weight is 350 g/mol. The number of amides is 1. The van der Waals surface area contributed by atoms with Crippen LogP contribution in [0.3, 0.4) is 0 Å². The molecule has 8 heteroatoms. The summed E-state index contributed by atoms with van der Waals surface area (Å²) in [5, 5.41) is 6.36. The highest BCUT2D eigenvalue weighted by Gasteiger charge is 2.09. The molecule has 128 valence electrons. The number of ether oxygens (including phenoxy) is 1. The first-order valence-electron chi connectivity index (χ1n) is 7.52. The Balaban J connectivity index is 1.88. The second kappa shape index (κ2) is 8.56. The second-order valence-corrected chi connectivity index (χ2v) is 5.77. The summed E-state index contributed by atoms with van der Waals surface area (Å²) < 4.78 is 5.67. The number of carbonyl (C=O) groups excluding carboxylic acids is 1. The van der Waals surface area contributed by atoms with Crippen LogP contribution in [0.2, 0.25) is 5.02 Å². The summed E-state index contributed by atoms with van der Waals surface area (Å²) in [7, 11) is 0. The number of hydrogen-bond acceptors (Lipinski definition) is 6. The van der Waals surface area contributed by atoms with E-state index in [9.17, 15) is 4.79 Å². The molecule has 0 aliphatic carbocycles. The predicted molar refractivity (Wildman–Crippen MR) is 93.1 cm³/mol. The zero-order valence-electron chi connectivity index (χ0n) is 13.8. The predicted octanol–water partition coefficient (Wildman–Crippen LogP) is 2.81. The number of aryl methyl sites for hydroxylation is 1. The van der Waals surface area contributed by atoms with Crippen molar-refractivity contribution < 1.29 is 9.53 Å². The minimum atomic E-state index is -0.234. The summed E-state index contributed by atoms with van der Waals surface area (Å²) in [5.74, 6) is 0.893. The van der Waals surface area contributed by atoms with E-state index in [2.05, 4.69) is 25.6 Å². The van der Waals surface area contributed by atoms with Crippen LogP contribution >= 0.6 is 11.6 Å². The number of anilines is 2. The van der Waals surface area contributed by atoms with Gasteiger partial charge in [0.1, 0.15) is 5.82 Å². The van der Waals surface area contributed by atoms with Crippen LogP contribution in [-0.2, 0) is 16.1 Å². The number of carbonyl (C=O) groups is 1. The van der Waals surface area contributed by atoms with Gasteiger partial charge in [-0.25, -0.2) is 0 Å². The maximum atomic E-state index is 11.1. The number of aromatic nitrogens is 3. The fraction of sp³-hybridized carbons (Fsp3) is 0.375. The Morgan fingerprint density at radius 3 is 2.67 bits per heavy atom. The maximum absolute atomic E-state index is 11.1. The molecule has 1 unspecified atom stereocenters. The van der Waals surface area contributed by atoms with Crippen molar-refractivity contribution in [2.75, 3.05) is 17.2 Å². The zero-order chi connectivity index (χ0) is 17.5. The summed E-state index contributed by atoms with van der Waals surface area (Å²) >= 11 is 6.09. The minimum Gasteiger partial charge on any atom is -0.375 e. The van der Waals surface area contributed by atoms with Crippen LogP contribution in [0.5, 0.6) is 0 Å². The van der Waals surface area contributed by atoms with Gasteiger partial charge >= 0.3 is 0 Å². The Bertz CT molecular complexity index is 711. The van der Waals surface area contributed by atoms with Gasteiger partial charge in [0, 0.05) is 18.0 Å². The average Bonchev–Trinajstić information content (AvgIpc) is 2.47. The molecule has 0 spiro atoms. The van der Waals surface area contributed by atoms with Crippen molar-refractivity contribution in [2.45, 2.75) is 33.4 Å². The van der Waals surface area contributed by atoms with Crippen LogP contribution in [0, 0.1) is 6.92 Å². The molecule has 0 bridgehead atoms. The Kier molecular flexibility index (Phi) is 6.45. The van der Waals surface area contributed by atoms with Gasteiger partial charge < -0.3 is 10.1 Å². The van der Waals surface area contributed by atoms with Crippen LogP contribution in [0.4, 0.5) is 11.9 Å². The molecule has 1 amide bonds.